The molecule has 6 heteroatoms. The normalized spacial score (nSPS) is 10.4. The third kappa shape index (κ3) is 4.20. The Hall–Kier alpha value is -1.63. The monoisotopic (exact) mass is 280 g/mol. The molecule has 0 radical (unpaired) electrons. The highest BCUT2D eigenvalue weighted by Gasteiger charge is 2.03. The first kappa shape index (κ1) is 13.8. The van der Waals surface area contributed by atoms with E-state index in [1.165, 1.54) is 11.3 Å². The molecule has 0 amide bonds. The van der Waals surface area contributed by atoms with Crippen LogP contribution in [0.5, 0.6) is 11.5 Å². The minimum absolute atomic E-state index is 0.316. The molecular weight excluding hydrogens is 264 g/mol. The van der Waals surface area contributed by atoms with Gasteiger partial charge in [0.15, 0.2) is 0 Å². The Kier molecular flexibility index (Phi) is 5.14. The first-order valence-electron chi connectivity index (χ1n) is 5.92. The molecule has 0 aliphatic rings. The molecule has 2 N–H and O–H groups in total. The second-order valence-electron chi connectivity index (χ2n) is 3.74. The minimum Gasteiger partial charge on any atom is -0.494 e. The zero-order valence-electron chi connectivity index (χ0n) is 10.7. The predicted molar refractivity (Wildman–Crippen MR) is 73.0 cm³/mol. The zero-order chi connectivity index (χ0) is 13.5. The summed E-state index contributed by atoms with van der Waals surface area (Å²) in [4.78, 5) is 8.86. The van der Waals surface area contributed by atoms with Crippen LogP contribution in [-0.2, 0) is 18.1 Å². The third-order valence-corrected chi connectivity index (χ3v) is 3.18. The fraction of sp³-hybridized carbons (Fsp3) is 0.308. The number of aromatic nitrogens is 1. The van der Waals surface area contributed by atoms with Crippen molar-refractivity contribution in [2.75, 3.05) is 6.61 Å². The fourth-order valence-electron chi connectivity index (χ4n) is 1.53. The molecule has 1 aromatic carbocycles. The molecule has 102 valence electrons. The summed E-state index contributed by atoms with van der Waals surface area (Å²) in [6, 6.07) is 7.55. The summed E-state index contributed by atoms with van der Waals surface area (Å²) < 4.78 is 11.1. The van der Waals surface area contributed by atoms with Crippen molar-refractivity contribution in [1.82, 2.24) is 4.98 Å². The van der Waals surface area contributed by atoms with Crippen LogP contribution in [-0.4, -0.2) is 11.6 Å². The minimum atomic E-state index is 0.316. The SMILES string of the molecule is CCOc1cccc(OCc2nc(CON)cs2)c1. The Balaban J connectivity index is 1.91. The van der Waals surface area contributed by atoms with Crippen molar-refractivity contribution >= 4 is 11.3 Å². The quantitative estimate of drug-likeness (QED) is 0.789. The van der Waals surface area contributed by atoms with Crippen molar-refractivity contribution < 1.29 is 14.3 Å². The number of hydrogen-bond donors (Lipinski definition) is 1. The standard InChI is InChI=1S/C13H16N2O3S/c1-2-16-11-4-3-5-12(6-11)17-8-13-15-10(7-18-14)9-19-13/h3-6,9H,2,7-8,14H2,1H3. The largest absolute Gasteiger partial charge is 0.494 e. The van der Waals surface area contributed by atoms with Gasteiger partial charge in [0, 0.05) is 11.4 Å². The highest BCUT2D eigenvalue weighted by atomic mass is 32.1. The third-order valence-electron chi connectivity index (χ3n) is 2.31. The molecule has 0 fully saturated rings. The van der Waals surface area contributed by atoms with Gasteiger partial charge in [0.2, 0.25) is 0 Å². The Labute approximate surface area is 115 Å². The van der Waals surface area contributed by atoms with E-state index in [0.29, 0.717) is 19.8 Å². The summed E-state index contributed by atoms with van der Waals surface area (Å²) in [7, 11) is 0. The maximum atomic E-state index is 5.67. The molecule has 2 aromatic rings. The Morgan fingerprint density at radius 1 is 1.21 bits per heavy atom. The maximum absolute atomic E-state index is 5.67. The summed E-state index contributed by atoms with van der Waals surface area (Å²) in [5, 5.41) is 2.79. The van der Waals surface area contributed by atoms with E-state index in [2.05, 4.69) is 9.82 Å². The highest BCUT2D eigenvalue weighted by molar-refractivity contribution is 7.09. The number of hydrogen-bond acceptors (Lipinski definition) is 6. The van der Waals surface area contributed by atoms with Gasteiger partial charge in [-0.05, 0) is 19.1 Å². The molecule has 1 heterocycles. The van der Waals surface area contributed by atoms with Gasteiger partial charge in [-0.15, -0.1) is 11.3 Å². The van der Waals surface area contributed by atoms with Gasteiger partial charge in [-0.2, -0.15) is 0 Å². The molecule has 0 saturated heterocycles. The van der Waals surface area contributed by atoms with Crippen molar-refractivity contribution in [2.24, 2.45) is 5.90 Å². The summed E-state index contributed by atoms with van der Waals surface area (Å²) in [5.74, 6) is 6.56. The summed E-state index contributed by atoms with van der Waals surface area (Å²) in [6.07, 6.45) is 0. The molecule has 2 rings (SSSR count). The second kappa shape index (κ2) is 7.08. The zero-order valence-corrected chi connectivity index (χ0v) is 11.5. The number of thiazole rings is 1. The second-order valence-corrected chi connectivity index (χ2v) is 4.68. The van der Waals surface area contributed by atoms with Crippen LogP contribution >= 0.6 is 11.3 Å². The van der Waals surface area contributed by atoms with Gasteiger partial charge in [-0.1, -0.05) is 6.07 Å². The average Bonchev–Trinajstić information content (AvgIpc) is 2.86. The number of nitrogens with two attached hydrogens (primary N) is 1. The molecule has 0 bridgehead atoms. The lowest BCUT2D eigenvalue weighted by Gasteiger charge is -2.07. The van der Waals surface area contributed by atoms with Crippen LogP contribution in [0.3, 0.4) is 0 Å². The van der Waals surface area contributed by atoms with E-state index in [1.807, 2.05) is 36.6 Å². The van der Waals surface area contributed by atoms with E-state index < -0.39 is 0 Å². The van der Waals surface area contributed by atoms with E-state index in [0.717, 1.165) is 22.2 Å². The summed E-state index contributed by atoms with van der Waals surface area (Å²) in [6.45, 7) is 3.32. The number of nitrogens with zero attached hydrogens (tertiary/aromatic N) is 1. The molecule has 0 aliphatic carbocycles. The van der Waals surface area contributed by atoms with Gasteiger partial charge in [0.25, 0.3) is 0 Å². The Morgan fingerprint density at radius 2 is 2.00 bits per heavy atom. The summed E-state index contributed by atoms with van der Waals surface area (Å²) in [5.41, 5.74) is 0.814. The van der Waals surface area contributed by atoms with Gasteiger partial charge in [0.05, 0.1) is 12.3 Å². The van der Waals surface area contributed by atoms with Gasteiger partial charge in [0.1, 0.15) is 29.7 Å². The molecule has 0 atom stereocenters. The van der Waals surface area contributed by atoms with Crippen LogP contribution in [0, 0.1) is 0 Å². The molecule has 0 saturated carbocycles. The van der Waals surface area contributed by atoms with E-state index in [4.69, 9.17) is 15.4 Å². The van der Waals surface area contributed by atoms with Crippen LogP contribution in [0.15, 0.2) is 29.6 Å². The van der Waals surface area contributed by atoms with Crippen molar-refractivity contribution in [1.29, 1.82) is 0 Å². The lowest BCUT2D eigenvalue weighted by Crippen LogP contribution is -2.00. The lowest BCUT2D eigenvalue weighted by molar-refractivity contribution is 0.121. The molecule has 0 spiro atoms. The van der Waals surface area contributed by atoms with Crippen molar-refractivity contribution in [3.8, 4) is 11.5 Å². The first-order chi connectivity index (χ1) is 9.31. The maximum Gasteiger partial charge on any atom is 0.140 e. The number of benzene rings is 1. The lowest BCUT2D eigenvalue weighted by atomic mass is 10.3. The Morgan fingerprint density at radius 3 is 2.74 bits per heavy atom. The molecular formula is C13H16N2O3S. The number of ether oxygens (including phenoxy) is 2. The van der Waals surface area contributed by atoms with Gasteiger partial charge >= 0.3 is 0 Å². The topological polar surface area (TPSA) is 66.6 Å². The van der Waals surface area contributed by atoms with Crippen LogP contribution in [0.1, 0.15) is 17.6 Å². The van der Waals surface area contributed by atoms with Crippen LogP contribution in [0.2, 0.25) is 0 Å². The van der Waals surface area contributed by atoms with Crippen molar-refractivity contribution in [3.63, 3.8) is 0 Å². The van der Waals surface area contributed by atoms with Gasteiger partial charge < -0.3 is 9.47 Å². The van der Waals surface area contributed by atoms with E-state index in [-0.39, 0.29) is 0 Å². The molecule has 19 heavy (non-hydrogen) atoms. The fourth-order valence-corrected chi connectivity index (χ4v) is 2.22. The van der Waals surface area contributed by atoms with E-state index in [9.17, 15) is 0 Å². The first-order valence-corrected chi connectivity index (χ1v) is 6.80. The van der Waals surface area contributed by atoms with Crippen molar-refractivity contribution in [3.05, 3.63) is 40.3 Å². The summed E-state index contributed by atoms with van der Waals surface area (Å²) >= 11 is 1.52. The highest BCUT2D eigenvalue weighted by Crippen LogP contribution is 2.21. The van der Waals surface area contributed by atoms with Crippen LogP contribution < -0.4 is 15.4 Å². The predicted octanol–water partition coefficient (Wildman–Crippen LogP) is 2.51. The van der Waals surface area contributed by atoms with Crippen LogP contribution in [0.25, 0.3) is 0 Å². The van der Waals surface area contributed by atoms with Gasteiger partial charge in [-0.3, -0.25) is 4.84 Å². The average molecular weight is 280 g/mol. The van der Waals surface area contributed by atoms with E-state index in [1.54, 1.807) is 0 Å². The molecule has 0 unspecified atom stereocenters. The molecule has 0 aliphatic heterocycles. The number of rotatable bonds is 7. The smallest absolute Gasteiger partial charge is 0.140 e. The molecule has 5 nitrogen and oxygen atoms in total. The molecule has 1 aromatic heterocycles. The van der Waals surface area contributed by atoms with Crippen LogP contribution in [0.4, 0.5) is 0 Å². The van der Waals surface area contributed by atoms with Crippen molar-refractivity contribution in [2.45, 2.75) is 20.1 Å². The van der Waals surface area contributed by atoms with E-state index >= 15 is 0 Å². The van der Waals surface area contributed by atoms with Gasteiger partial charge in [-0.25, -0.2) is 10.9 Å². The Bertz CT molecular complexity index is 516.